The van der Waals surface area contributed by atoms with Gasteiger partial charge in [-0.15, -0.1) is 0 Å². The lowest BCUT2D eigenvalue weighted by Crippen LogP contribution is -2.51. The Kier molecular flexibility index (Phi) is 5.81. The molecule has 0 amide bonds. The summed E-state index contributed by atoms with van der Waals surface area (Å²) in [6.07, 6.45) is 0. The van der Waals surface area contributed by atoms with Gasteiger partial charge >= 0.3 is 0 Å². The Bertz CT molecular complexity index is 318. The Balaban J connectivity index is 2.55. The molecule has 0 aliphatic carbocycles. The van der Waals surface area contributed by atoms with Crippen molar-refractivity contribution >= 4 is 10.0 Å². The quantitative estimate of drug-likeness (QED) is 0.645. The van der Waals surface area contributed by atoms with Crippen LogP contribution in [-0.2, 0) is 14.8 Å². The second-order valence-electron chi connectivity index (χ2n) is 4.45. The van der Waals surface area contributed by atoms with Gasteiger partial charge in [-0.1, -0.05) is 13.8 Å². The van der Waals surface area contributed by atoms with E-state index in [9.17, 15) is 8.42 Å². The molecule has 1 rings (SSSR count). The number of morpholine rings is 1. The summed E-state index contributed by atoms with van der Waals surface area (Å²) in [5.41, 5.74) is 0. The smallest absolute Gasteiger partial charge is 0.215 e. The van der Waals surface area contributed by atoms with Crippen LogP contribution in [0.2, 0.25) is 0 Å². The predicted molar refractivity (Wildman–Crippen MR) is 65.3 cm³/mol. The number of rotatable bonds is 6. The zero-order valence-corrected chi connectivity index (χ0v) is 11.2. The molecule has 17 heavy (non-hydrogen) atoms. The Morgan fingerprint density at radius 1 is 1.53 bits per heavy atom. The molecule has 0 radical (unpaired) electrons. The van der Waals surface area contributed by atoms with E-state index in [1.807, 2.05) is 13.8 Å². The van der Waals surface area contributed by atoms with Crippen molar-refractivity contribution in [1.82, 2.24) is 9.62 Å². The molecule has 1 atom stereocenters. The molecule has 0 spiro atoms. The second kappa shape index (κ2) is 6.65. The zero-order valence-electron chi connectivity index (χ0n) is 10.4. The number of ether oxygens (including phenoxy) is 1. The maximum atomic E-state index is 12.1. The number of nitrogens with one attached hydrogen (secondary N) is 1. The molecule has 0 bridgehead atoms. The summed E-state index contributed by atoms with van der Waals surface area (Å²) in [6.45, 7) is 5.16. The minimum Gasteiger partial charge on any atom is -0.395 e. The highest BCUT2D eigenvalue weighted by atomic mass is 32.2. The van der Waals surface area contributed by atoms with E-state index in [0.29, 0.717) is 19.7 Å². The lowest BCUT2D eigenvalue weighted by Gasteiger charge is -2.33. The Hall–Kier alpha value is -0.210. The van der Waals surface area contributed by atoms with E-state index >= 15 is 0 Å². The van der Waals surface area contributed by atoms with Crippen LogP contribution < -0.4 is 5.32 Å². The fourth-order valence-electron chi connectivity index (χ4n) is 1.74. The lowest BCUT2D eigenvalue weighted by atomic mass is 10.3. The third-order valence-electron chi connectivity index (χ3n) is 2.65. The van der Waals surface area contributed by atoms with E-state index in [4.69, 9.17) is 9.84 Å². The van der Waals surface area contributed by atoms with Crippen LogP contribution in [0.1, 0.15) is 13.8 Å². The van der Waals surface area contributed by atoms with Crippen LogP contribution in [0, 0.1) is 0 Å². The number of aliphatic hydroxyl groups excluding tert-OH is 1. The fraction of sp³-hybridized carbons (Fsp3) is 1.00. The molecule has 0 aromatic heterocycles. The van der Waals surface area contributed by atoms with Crippen LogP contribution in [-0.4, -0.2) is 68.6 Å². The summed E-state index contributed by atoms with van der Waals surface area (Å²) in [5, 5.41) is 12.2. The zero-order chi connectivity index (χ0) is 12.9. The molecule has 0 aromatic carbocycles. The normalized spacial score (nSPS) is 23.2. The van der Waals surface area contributed by atoms with Crippen molar-refractivity contribution in [2.24, 2.45) is 0 Å². The largest absolute Gasteiger partial charge is 0.395 e. The summed E-state index contributed by atoms with van der Waals surface area (Å²) in [4.78, 5) is 0. The molecular weight excluding hydrogens is 244 g/mol. The molecule has 0 saturated carbocycles. The topological polar surface area (TPSA) is 78.9 Å². The molecule has 1 aliphatic rings. The molecule has 1 saturated heterocycles. The summed E-state index contributed by atoms with van der Waals surface area (Å²) in [5.74, 6) is 0.0572. The second-order valence-corrected chi connectivity index (χ2v) is 6.49. The molecule has 7 heteroatoms. The molecule has 1 heterocycles. The van der Waals surface area contributed by atoms with Crippen molar-refractivity contribution in [3.63, 3.8) is 0 Å². The molecule has 2 N–H and O–H groups in total. The van der Waals surface area contributed by atoms with Crippen LogP contribution in [0.5, 0.6) is 0 Å². The van der Waals surface area contributed by atoms with Crippen molar-refractivity contribution in [1.29, 1.82) is 0 Å². The molecule has 6 nitrogen and oxygen atoms in total. The molecular formula is C10H22N2O4S. The van der Waals surface area contributed by atoms with Crippen LogP contribution in [0.4, 0.5) is 0 Å². The minimum absolute atomic E-state index is 0.0572. The predicted octanol–water partition coefficient (Wildman–Crippen LogP) is -0.993. The molecule has 1 aliphatic heterocycles. The minimum atomic E-state index is -3.31. The number of aliphatic hydroxyl groups is 1. The van der Waals surface area contributed by atoms with Gasteiger partial charge in [0.1, 0.15) is 0 Å². The summed E-state index contributed by atoms with van der Waals surface area (Å²) in [6, 6.07) is -0.170. The van der Waals surface area contributed by atoms with E-state index in [0.717, 1.165) is 0 Å². The molecule has 1 unspecified atom stereocenters. The Morgan fingerprint density at radius 2 is 2.24 bits per heavy atom. The van der Waals surface area contributed by atoms with Crippen molar-refractivity contribution in [3.05, 3.63) is 0 Å². The van der Waals surface area contributed by atoms with Crippen molar-refractivity contribution < 1.29 is 18.3 Å². The first-order chi connectivity index (χ1) is 7.97. The van der Waals surface area contributed by atoms with Gasteiger partial charge < -0.3 is 15.2 Å². The standard InChI is InChI=1S/C10H22N2O4S/c1-9(2)11-3-6-17(14,15)12-4-5-16-8-10(12)7-13/h9-11,13H,3-8H2,1-2H3. The van der Waals surface area contributed by atoms with Gasteiger partial charge in [0.05, 0.1) is 31.6 Å². The monoisotopic (exact) mass is 266 g/mol. The maximum Gasteiger partial charge on any atom is 0.215 e. The first-order valence-corrected chi connectivity index (χ1v) is 7.50. The lowest BCUT2D eigenvalue weighted by molar-refractivity contribution is 0.0109. The van der Waals surface area contributed by atoms with Crippen LogP contribution in [0.25, 0.3) is 0 Å². The summed E-state index contributed by atoms with van der Waals surface area (Å²) >= 11 is 0. The average molecular weight is 266 g/mol. The highest BCUT2D eigenvalue weighted by molar-refractivity contribution is 7.89. The third kappa shape index (κ3) is 4.51. The number of hydrogen-bond acceptors (Lipinski definition) is 5. The van der Waals surface area contributed by atoms with E-state index in [-0.39, 0.29) is 25.0 Å². The van der Waals surface area contributed by atoms with Gasteiger partial charge in [-0.25, -0.2) is 8.42 Å². The Morgan fingerprint density at radius 3 is 2.82 bits per heavy atom. The maximum absolute atomic E-state index is 12.1. The van der Waals surface area contributed by atoms with Gasteiger partial charge in [0, 0.05) is 19.1 Å². The van der Waals surface area contributed by atoms with Gasteiger partial charge in [0.2, 0.25) is 10.0 Å². The van der Waals surface area contributed by atoms with Gasteiger partial charge in [-0.2, -0.15) is 4.31 Å². The van der Waals surface area contributed by atoms with Crippen molar-refractivity contribution in [2.45, 2.75) is 25.9 Å². The SMILES string of the molecule is CC(C)NCCS(=O)(=O)N1CCOCC1CO. The van der Waals surface area contributed by atoms with Crippen LogP contribution in [0.3, 0.4) is 0 Å². The van der Waals surface area contributed by atoms with E-state index in [1.54, 1.807) is 0 Å². The summed E-state index contributed by atoms with van der Waals surface area (Å²) < 4.78 is 30.6. The van der Waals surface area contributed by atoms with Crippen LogP contribution in [0.15, 0.2) is 0 Å². The van der Waals surface area contributed by atoms with Crippen LogP contribution >= 0.6 is 0 Å². The average Bonchev–Trinajstić information content (AvgIpc) is 2.28. The summed E-state index contributed by atoms with van der Waals surface area (Å²) in [7, 11) is -3.31. The number of sulfonamides is 1. The van der Waals surface area contributed by atoms with Crippen molar-refractivity contribution in [2.75, 3.05) is 38.7 Å². The number of nitrogens with zero attached hydrogens (tertiary/aromatic N) is 1. The van der Waals surface area contributed by atoms with Gasteiger partial charge in [-0.05, 0) is 0 Å². The first-order valence-electron chi connectivity index (χ1n) is 5.89. The van der Waals surface area contributed by atoms with Gasteiger partial charge in [0.25, 0.3) is 0 Å². The molecule has 0 aromatic rings. The highest BCUT2D eigenvalue weighted by Gasteiger charge is 2.31. The number of hydrogen-bond donors (Lipinski definition) is 2. The fourth-order valence-corrected chi connectivity index (χ4v) is 3.29. The first kappa shape index (κ1) is 14.8. The Labute approximate surface area is 103 Å². The van der Waals surface area contributed by atoms with E-state index < -0.39 is 16.1 Å². The molecule has 102 valence electrons. The van der Waals surface area contributed by atoms with E-state index in [2.05, 4.69) is 5.32 Å². The third-order valence-corrected chi connectivity index (χ3v) is 4.57. The van der Waals surface area contributed by atoms with Crippen molar-refractivity contribution in [3.8, 4) is 0 Å². The molecule has 1 fully saturated rings. The highest BCUT2D eigenvalue weighted by Crippen LogP contribution is 2.12. The van der Waals surface area contributed by atoms with E-state index in [1.165, 1.54) is 4.31 Å². The van der Waals surface area contributed by atoms with Gasteiger partial charge in [0.15, 0.2) is 0 Å². The van der Waals surface area contributed by atoms with Gasteiger partial charge in [-0.3, -0.25) is 0 Å².